The van der Waals surface area contributed by atoms with Crippen molar-refractivity contribution in [2.75, 3.05) is 19.7 Å². The maximum Gasteiger partial charge on any atom is 0.338 e. The van der Waals surface area contributed by atoms with E-state index in [-0.39, 0.29) is 37.4 Å². The lowest BCUT2D eigenvalue weighted by atomic mass is 10.00. The van der Waals surface area contributed by atoms with Gasteiger partial charge in [0.15, 0.2) is 0 Å². The van der Waals surface area contributed by atoms with E-state index >= 15 is 0 Å². The van der Waals surface area contributed by atoms with Crippen LogP contribution in [0, 0.1) is 12.8 Å². The van der Waals surface area contributed by atoms with E-state index < -0.39 is 30.1 Å². The molecule has 2 amide bonds. The second-order valence-electron chi connectivity index (χ2n) is 12.1. The maximum absolute atomic E-state index is 13.0. The number of amides is 2. The Morgan fingerprint density at radius 2 is 1.80 bits per heavy atom. The molecule has 1 aromatic heterocycles. The van der Waals surface area contributed by atoms with Gasteiger partial charge in [0.05, 0.1) is 36.2 Å². The number of benzene rings is 2. The predicted molar refractivity (Wildman–Crippen MR) is 160 cm³/mol. The molecule has 2 aromatic carbocycles. The highest BCUT2D eigenvalue weighted by molar-refractivity contribution is 5.95. The van der Waals surface area contributed by atoms with Crippen LogP contribution >= 0.6 is 0 Å². The predicted octanol–water partition coefficient (Wildman–Crippen LogP) is 4.51. The Balaban J connectivity index is 1.10. The summed E-state index contributed by atoms with van der Waals surface area (Å²) in [7, 11) is 0. The molecule has 3 fully saturated rings. The molecular weight excluding hydrogens is 578 g/mol. The van der Waals surface area contributed by atoms with Crippen molar-refractivity contribution in [2.45, 2.75) is 70.1 Å². The number of carbonyl (C=O) groups excluding carboxylic acids is 4. The summed E-state index contributed by atoms with van der Waals surface area (Å²) in [6.07, 6.45) is 4.21. The fraction of sp³-hybridized carbons (Fsp3) is 0.441. The van der Waals surface area contributed by atoms with Crippen LogP contribution in [-0.2, 0) is 19.1 Å². The van der Waals surface area contributed by atoms with Gasteiger partial charge in [0.1, 0.15) is 36.4 Å². The highest BCUT2D eigenvalue weighted by Crippen LogP contribution is 2.40. The van der Waals surface area contributed by atoms with Crippen LogP contribution < -0.4 is 10.1 Å². The van der Waals surface area contributed by atoms with E-state index in [2.05, 4.69) is 22.6 Å². The monoisotopic (exact) mass is 615 g/mol. The summed E-state index contributed by atoms with van der Waals surface area (Å²) in [5.41, 5.74) is 3.42. The first kappa shape index (κ1) is 30.4. The Bertz CT molecular complexity index is 1550. The number of likely N-dealkylation sites (tertiary alicyclic amines) is 1. The SMILES string of the molecule is Cc1nocc1C(=O)NC(C)C(Oc1ccc(C(=O)O[C@H]2CCCN(C(=O)[C@H]3COC(=O)C3)C2)cc1)c1ccc(C2CC2)cc1. The van der Waals surface area contributed by atoms with Crippen LogP contribution in [0.25, 0.3) is 0 Å². The minimum absolute atomic E-state index is 0.0908. The minimum atomic E-state index is -0.522. The molecule has 3 heterocycles. The standard InChI is InChI=1S/C34H37N3O8/c1-20-29(19-43-36-20)32(39)35-21(2)31(24-9-7-23(8-10-24)22-5-6-22)44-27-13-11-25(12-14-27)34(41)45-28-4-3-15-37(17-28)33(40)26-16-30(38)42-18-26/h7-14,19,21-22,26,28,31H,3-6,15-18H2,1-2H3,(H,35,39)/t21?,26-,28+,31?/m1/s1. The molecule has 4 atom stereocenters. The second-order valence-corrected chi connectivity index (χ2v) is 12.1. The fourth-order valence-electron chi connectivity index (χ4n) is 5.90. The van der Waals surface area contributed by atoms with Gasteiger partial charge in [-0.05, 0) is 80.8 Å². The largest absolute Gasteiger partial charge is 0.484 e. The summed E-state index contributed by atoms with van der Waals surface area (Å²) in [6.45, 7) is 4.54. The first-order chi connectivity index (χ1) is 21.7. The van der Waals surface area contributed by atoms with Crippen molar-refractivity contribution in [2.24, 2.45) is 5.92 Å². The van der Waals surface area contributed by atoms with Crippen molar-refractivity contribution in [3.63, 3.8) is 0 Å². The van der Waals surface area contributed by atoms with Crippen LogP contribution in [0.1, 0.15) is 88.6 Å². The third kappa shape index (κ3) is 7.19. The number of nitrogens with one attached hydrogen (secondary N) is 1. The van der Waals surface area contributed by atoms with Gasteiger partial charge >= 0.3 is 11.9 Å². The molecule has 0 bridgehead atoms. The molecule has 236 valence electrons. The molecule has 6 rings (SSSR count). The molecular formula is C34H37N3O8. The van der Waals surface area contributed by atoms with Gasteiger partial charge in [-0.3, -0.25) is 14.4 Å². The molecule has 0 radical (unpaired) electrons. The van der Waals surface area contributed by atoms with Crippen molar-refractivity contribution in [3.8, 4) is 5.75 Å². The molecule has 1 aliphatic carbocycles. The minimum Gasteiger partial charge on any atom is -0.484 e. The van der Waals surface area contributed by atoms with Crippen LogP contribution in [-0.4, -0.2) is 65.7 Å². The van der Waals surface area contributed by atoms with E-state index in [9.17, 15) is 19.2 Å². The Morgan fingerprint density at radius 3 is 2.44 bits per heavy atom. The van der Waals surface area contributed by atoms with Gasteiger partial charge in [-0.2, -0.15) is 0 Å². The summed E-state index contributed by atoms with van der Waals surface area (Å²) in [5.74, 6) is -0.631. The summed E-state index contributed by atoms with van der Waals surface area (Å²) in [6, 6.07) is 14.6. The number of esters is 2. The van der Waals surface area contributed by atoms with Gasteiger partial charge in [-0.25, -0.2) is 4.79 Å². The summed E-state index contributed by atoms with van der Waals surface area (Å²) in [4.78, 5) is 51.9. The molecule has 1 N–H and O–H groups in total. The molecule has 2 aliphatic heterocycles. The molecule has 11 heteroatoms. The van der Waals surface area contributed by atoms with Crippen molar-refractivity contribution in [3.05, 3.63) is 82.7 Å². The number of hydrogen-bond acceptors (Lipinski definition) is 9. The van der Waals surface area contributed by atoms with Crippen molar-refractivity contribution >= 4 is 23.8 Å². The van der Waals surface area contributed by atoms with Crippen molar-refractivity contribution in [1.82, 2.24) is 15.4 Å². The zero-order valence-corrected chi connectivity index (χ0v) is 25.4. The normalized spacial score (nSPS) is 21.0. The number of cyclic esters (lactones) is 1. The van der Waals surface area contributed by atoms with Crippen LogP contribution in [0.15, 0.2) is 59.3 Å². The van der Waals surface area contributed by atoms with Crippen LogP contribution in [0.2, 0.25) is 0 Å². The van der Waals surface area contributed by atoms with E-state index in [4.69, 9.17) is 18.7 Å². The number of ether oxygens (including phenoxy) is 3. The molecule has 45 heavy (non-hydrogen) atoms. The molecule has 0 spiro atoms. The lowest BCUT2D eigenvalue weighted by molar-refractivity contribution is -0.139. The summed E-state index contributed by atoms with van der Waals surface area (Å²) in [5, 5.41) is 6.81. The molecule has 11 nitrogen and oxygen atoms in total. The first-order valence-electron chi connectivity index (χ1n) is 15.5. The summed E-state index contributed by atoms with van der Waals surface area (Å²) >= 11 is 0. The molecule has 2 unspecified atom stereocenters. The quantitative estimate of drug-likeness (QED) is 0.327. The van der Waals surface area contributed by atoms with E-state index in [0.717, 1.165) is 5.56 Å². The topological polar surface area (TPSA) is 137 Å². The highest BCUT2D eigenvalue weighted by atomic mass is 16.5. The summed E-state index contributed by atoms with van der Waals surface area (Å²) < 4.78 is 22.1. The third-order valence-electron chi connectivity index (χ3n) is 8.65. The number of aryl methyl sites for hydroxylation is 1. The zero-order valence-electron chi connectivity index (χ0n) is 25.4. The number of rotatable bonds is 10. The average molecular weight is 616 g/mol. The molecule has 3 aromatic rings. The Kier molecular flexibility index (Phi) is 8.86. The maximum atomic E-state index is 13.0. The van der Waals surface area contributed by atoms with Crippen molar-refractivity contribution in [1.29, 1.82) is 0 Å². The number of aromatic nitrogens is 1. The van der Waals surface area contributed by atoms with Gasteiger partial charge in [-0.1, -0.05) is 29.4 Å². The zero-order chi connectivity index (χ0) is 31.5. The van der Waals surface area contributed by atoms with E-state index in [0.29, 0.717) is 47.9 Å². The van der Waals surface area contributed by atoms with Crippen LogP contribution in [0.5, 0.6) is 5.75 Å². The molecule has 1 saturated carbocycles. The smallest absolute Gasteiger partial charge is 0.338 e. The fourth-order valence-corrected chi connectivity index (χ4v) is 5.90. The van der Waals surface area contributed by atoms with Gasteiger partial charge in [-0.15, -0.1) is 0 Å². The number of hydrogen-bond donors (Lipinski definition) is 1. The highest BCUT2D eigenvalue weighted by Gasteiger charge is 2.36. The first-order valence-corrected chi connectivity index (χ1v) is 15.5. The van der Waals surface area contributed by atoms with Gasteiger partial charge in [0.2, 0.25) is 5.91 Å². The van der Waals surface area contributed by atoms with E-state index in [1.54, 1.807) is 36.1 Å². The lowest BCUT2D eigenvalue weighted by Crippen LogP contribution is -2.46. The van der Waals surface area contributed by atoms with Gasteiger partial charge in [0, 0.05) is 6.54 Å². The average Bonchev–Trinajstić information content (AvgIpc) is 3.66. The number of piperidine rings is 1. The van der Waals surface area contributed by atoms with E-state index in [1.807, 2.05) is 19.1 Å². The van der Waals surface area contributed by atoms with Gasteiger partial charge in [0.25, 0.3) is 5.91 Å². The lowest BCUT2D eigenvalue weighted by Gasteiger charge is -2.33. The number of nitrogens with zero attached hydrogens (tertiary/aromatic N) is 2. The van der Waals surface area contributed by atoms with Crippen molar-refractivity contribution < 1.29 is 37.9 Å². The van der Waals surface area contributed by atoms with Crippen LogP contribution in [0.4, 0.5) is 0 Å². The number of carbonyl (C=O) groups is 4. The third-order valence-corrected chi connectivity index (χ3v) is 8.65. The molecule has 3 aliphatic rings. The van der Waals surface area contributed by atoms with Gasteiger partial charge < -0.3 is 29.0 Å². The van der Waals surface area contributed by atoms with E-state index in [1.165, 1.54) is 24.7 Å². The Labute approximate surface area is 261 Å². The Morgan fingerprint density at radius 1 is 1.04 bits per heavy atom. The molecule has 2 saturated heterocycles. The second kappa shape index (κ2) is 13.1. The Hall–Kier alpha value is -4.67. The van der Waals surface area contributed by atoms with Crippen LogP contribution in [0.3, 0.4) is 0 Å².